The van der Waals surface area contributed by atoms with E-state index < -0.39 is 6.10 Å². The number of aliphatic hydroxyl groups excluding tert-OH is 1. The predicted octanol–water partition coefficient (Wildman–Crippen LogP) is 2.37. The normalized spacial score (nSPS) is 12.4. The summed E-state index contributed by atoms with van der Waals surface area (Å²) in [5, 5.41) is 24.2. The van der Waals surface area contributed by atoms with E-state index in [4.69, 9.17) is 0 Å². The topological polar surface area (TPSA) is 85.3 Å². The van der Waals surface area contributed by atoms with Crippen molar-refractivity contribution >= 4 is 10.9 Å². The van der Waals surface area contributed by atoms with Gasteiger partial charge in [0, 0.05) is 24.5 Å². The minimum Gasteiger partial charge on any atom is -0.506 e. The molecule has 5 heteroatoms. The number of aliphatic hydroxyl groups is 1. The second kappa shape index (κ2) is 6.86. The van der Waals surface area contributed by atoms with E-state index in [2.05, 4.69) is 34.6 Å². The Hall–Kier alpha value is -2.63. The van der Waals surface area contributed by atoms with Crippen LogP contribution in [0.3, 0.4) is 0 Å². The quantitative estimate of drug-likeness (QED) is 0.580. The molecule has 5 nitrogen and oxygen atoms in total. The molecule has 0 saturated carbocycles. The van der Waals surface area contributed by atoms with Crippen LogP contribution in [0.4, 0.5) is 0 Å². The standard InChI is InChI=1S/C19H20N2O3/c1-12-2-4-13(5-3-12)10-20-11-17(23)14-6-8-16(22)19-15(14)7-9-18(24)21-19/h2-9,17,20,22-23H,10-11H2,1H3,(H,21,24)/t17-/m0/s1. The first-order valence-corrected chi connectivity index (χ1v) is 7.84. The molecule has 1 atom stereocenters. The largest absolute Gasteiger partial charge is 0.506 e. The lowest BCUT2D eigenvalue weighted by Gasteiger charge is -2.15. The molecule has 0 spiro atoms. The van der Waals surface area contributed by atoms with Gasteiger partial charge >= 0.3 is 0 Å². The number of rotatable bonds is 5. The van der Waals surface area contributed by atoms with Crippen LogP contribution in [0.1, 0.15) is 22.8 Å². The van der Waals surface area contributed by atoms with E-state index in [-0.39, 0.29) is 11.3 Å². The van der Waals surface area contributed by atoms with Crippen LogP contribution in [0.25, 0.3) is 10.9 Å². The number of phenols is 1. The van der Waals surface area contributed by atoms with E-state index in [9.17, 15) is 15.0 Å². The highest BCUT2D eigenvalue weighted by molar-refractivity contribution is 5.87. The summed E-state index contributed by atoms with van der Waals surface area (Å²) in [6, 6.07) is 14.4. The summed E-state index contributed by atoms with van der Waals surface area (Å²) in [5.74, 6) is -0.00809. The highest BCUT2D eigenvalue weighted by atomic mass is 16.3. The number of pyridine rings is 1. The van der Waals surface area contributed by atoms with Gasteiger partial charge in [-0.25, -0.2) is 0 Å². The first kappa shape index (κ1) is 16.2. The van der Waals surface area contributed by atoms with Gasteiger partial charge < -0.3 is 20.5 Å². The van der Waals surface area contributed by atoms with Crippen molar-refractivity contribution in [2.75, 3.05) is 6.54 Å². The molecule has 0 saturated heterocycles. The number of hydrogen-bond acceptors (Lipinski definition) is 4. The van der Waals surface area contributed by atoms with Crippen LogP contribution in [0, 0.1) is 6.92 Å². The van der Waals surface area contributed by atoms with Gasteiger partial charge in [-0.2, -0.15) is 0 Å². The zero-order chi connectivity index (χ0) is 17.1. The molecule has 3 rings (SSSR count). The Kier molecular flexibility index (Phi) is 4.64. The molecule has 0 radical (unpaired) electrons. The Labute approximate surface area is 139 Å². The van der Waals surface area contributed by atoms with Crippen LogP contribution in [0.15, 0.2) is 53.3 Å². The molecule has 0 aliphatic rings. The summed E-state index contributed by atoms with van der Waals surface area (Å²) < 4.78 is 0. The van der Waals surface area contributed by atoms with Gasteiger partial charge in [-0.1, -0.05) is 35.9 Å². The molecule has 2 aromatic carbocycles. The van der Waals surface area contributed by atoms with Crippen LogP contribution in [0.2, 0.25) is 0 Å². The molecule has 0 bridgehead atoms. The Morgan fingerprint density at radius 3 is 2.58 bits per heavy atom. The van der Waals surface area contributed by atoms with Crippen molar-refractivity contribution in [2.24, 2.45) is 0 Å². The summed E-state index contributed by atoms with van der Waals surface area (Å²) in [6.07, 6.45) is -0.746. The van der Waals surface area contributed by atoms with Crippen LogP contribution in [-0.2, 0) is 6.54 Å². The molecule has 0 fully saturated rings. The average molecular weight is 324 g/mol. The van der Waals surface area contributed by atoms with Crippen molar-refractivity contribution < 1.29 is 10.2 Å². The smallest absolute Gasteiger partial charge is 0.248 e. The molecule has 0 unspecified atom stereocenters. The van der Waals surface area contributed by atoms with Crippen molar-refractivity contribution in [2.45, 2.75) is 19.6 Å². The van der Waals surface area contributed by atoms with Gasteiger partial charge in [0.2, 0.25) is 5.56 Å². The third kappa shape index (κ3) is 3.48. The SMILES string of the molecule is Cc1ccc(CNC[C@H](O)c2ccc(O)c3[nH]c(=O)ccc23)cc1. The second-order valence-corrected chi connectivity index (χ2v) is 5.92. The third-order valence-corrected chi connectivity index (χ3v) is 4.05. The monoisotopic (exact) mass is 324 g/mol. The predicted molar refractivity (Wildman–Crippen MR) is 94.1 cm³/mol. The Bertz CT molecular complexity index is 901. The summed E-state index contributed by atoms with van der Waals surface area (Å²) in [7, 11) is 0. The maximum absolute atomic E-state index is 11.4. The number of aromatic nitrogens is 1. The van der Waals surface area contributed by atoms with Crippen molar-refractivity contribution in [3.63, 3.8) is 0 Å². The van der Waals surface area contributed by atoms with E-state index in [1.807, 2.05) is 6.92 Å². The number of hydrogen-bond donors (Lipinski definition) is 4. The third-order valence-electron chi connectivity index (χ3n) is 4.05. The number of benzene rings is 2. The first-order valence-electron chi connectivity index (χ1n) is 7.84. The van der Waals surface area contributed by atoms with Crippen LogP contribution in [-0.4, -0.2) is 21.7 Å². The van der Waals surface area contributed by atoms with Gasteiger partial charge in [-0.3, -0.25) is 4.79 Å². The maximum atomic E-state index is 11.4. The Balaban J connectivity index is 1.74. The Morgan fingerprint density at radius 2 is 1.83 bits per heavy atom. The average Bonchev–Trinajstić information content (AvgIpc) is 2.57. The molecule has 1 aromatic heterocycles. The minimum absolute atomic E-state index is 0.00809. The van der Waals surface area contributed by atoms with Gasteiger partial charge in [0.15, 0.2) is 0 Å². The molecule has 0 aliphatic heterocycles. The van der Waals surface area contributed by atoms with E-state index in [1.54, 1.807) is 12.1 Å². The molecule has 0 amide bonds. The Morgan fingerprint density at radius 1 is 1.08 bits per heavy atom. The van der Waals surface area contributed by atoms with Crippen LogP contribution >= 0.6 is 0 Å². The molecule has 4 N–H and O–H groups in total. The second-order valence-electron chi connectivity index (χ2n) is 5.92. The summed E-state index contributed by atoms with van der Waals surface area (Å²) >= 11 is 0. The number of fused-ring (bicyclic) bond motifs is 1. The lowest BCUT2D eigenvalue weighted by molar-refractivity contribution is 0.176. The fraction of sp³-hybridized carbons (Fsp3) is 0.211. The molecular formula is C19H20N2O3. The lowest BCUT2D eigenvalue weighted by atomic mass is 10.0. The fourth-order valence-electron chi connectivity index (χ4n) is 2.72. The van der Waals surface area contributed by atoms with Crippen LogP contribution in [0.5, 0.6) is 5.75 Å². The summed E-state index contributed by atoms with van der Waals surface area (Å²) in [6.45, 7) is 3.07. The van der Waals surface area contributed by atoms with Gasteiger partial charge in [-0.05, 0) is 30.2 Å². The highest BCUT2D eigenvalue weighted by Crippen LogP contribution is 2.28. The van der Waals surface area contributed by atoms with E-state index in [0.717, 1.165) is 5.56 Å². The van der Waals surface area contributed by atoms with Gasteiger partial charge in [0.25, 0.3) is 0 Å². The van der Waals surface area contributed by atoms with Crippen molar-refractivity contribution in [1.29, 1.82) is 0 Å². The lowest BCUT2D eigenvalue weighted by Crippen LogP contribution is -2.21. The number of aromatic amines is 1. The summed E-state index contributed by atoms with van der Waals surface area (Å²) in [5.41, 5.74) is 3.08. The molecule has 0 aliphatic carbocycles. The van der Waals surface area contributed by atoms with Gasteiger partial charge in [0.1, 0.15) is 5.75 Å². The van der Waals surface area contributed by atoms with Crippen molar-refractivity contribution in [3.8, 4) is 5.75 Å². The van der Waals surface area contributed by atoms with E-state index >= 15 is 0 Å². The maximum Gasteiger partial charge on any atom is 0.248 e. The van der Waals surface area contributed by atoms with Crippen molar-refractivity contribution in [1.82, 2.24) is 10.3 Å². The fourth-order valence-corrected chi connectivity index (χ4v) is 2.72. The zero-order valence-electron chi connectivity index (χ0n) is 13.4. The summed E-state index contributed by atoms with van der Waals surface area (Å²) in [4.78, 5) is 14.0. The number of nitrogens with one attached hydrogen (secondary N) is 2. The van der Waals surface area contributed by atoms with E-state index in [0.29, 0.717) is 29.6 Å². The van der Waals surface area contributed by atoms with E-state index in [1.165, 1.54) is 17.7 Å². The van der Waals surface area contributed by atoms with Gasteiger partial charge in [0.05, 0.1) is 11.6 Å². The molecule has 124 valence electrons. The van der Waals surface area contributed by atoms with Crippen LogP contribution < -0.4 is 10.9 Å². The molecule has 1 heterocycles. The number of aromatic hydroxyl groups is 1. The highest BCUT2D eigenvalue weighted by Gasteiger charge is 2.13. The molecular weight excluding hydrogens is 304 g/mol. The number of H-pyrrole nitrogens is 1. The zero-order valence-corrected chi connectivity index (χ0v) is 13.4. The first-order chi connectivity index (χ1) is 11.5. The molecule has 3 aromatic rings. The minimum atomic E-state index is -0.746. The number of phenolic OH excluding ortho intramolecular Hbond substituents is 1. The number of aryl methyl sites for hydroxylation is 1. The van der Waals surface area contributed by atoms with Crippen molar-refractivity contribution in [3.05, 3.63) is 75.6 Å². The molecule has 24 heavy (non-hydrogen) atoms. The van der Waals surface area contributed by atoms with Gasteiger partial charge in [-0.15, -0.1) is 0 Å².